The second-order valence-electron chi connectivity index (χ2n) is 4.56. The Bertz CT molecular complexity index is 313. The van der Waals surface area contributed by atoms with Crippen molar-refractivity contribution in [2.24, 2.45) is 0 Å². The highest BCUT2D eigenvalue weighted by molar-refractivity contribution is 5.06. The molecule has 2 atom stereocenters. The average molecular weight is 224 g/mol. The third-order valence-corrected chi connectivity index (χ3v) is 3.33. The molecule has 0 spiro atoms. The maximum Gasteiger partial charge on any atom is 0.123 e. The summed E-state index contributed by atoms with van der Waals surface area (Å²) in [5, 5.41) is 9.52. The van der Waals surface area contributed by atoms with Gasteiger partial charge in [-0.05, 0) is 26.1 Å². The third-order valence-electron chi connectivity index (χ3n) is 3.33. The highest BCUT2D eigenvalue weighted by Gasteiger charge is 2.29. The quantitative estimate of drug-likeness (QED) is 0.830. The molecule has 2 rings (SSSR count). The number of nitrogens with zero attached hydrogens (tertiary/aromatic N) is 2. The van der Waals surface area contributed by atoms with Gasteiger partial charge in [-0.2, -0.15) is 0 Å². The Kier molecular flexibility index (Phi) is 3.63. The van der Waals surface area contributed by atoms with E-state index >= 15 is 0 Å². The van der Waals surface area contributed by atoms with Crippen LogP contribution in [0.2, 0.25) is 0 Å². The first-order valence-electron chi connectivity index (χ1n) is 5.81. The summed E-state index contributed by atoms with van der Waals surface area (Å²) < 4.78 is 5.40. The number of likely N-dealkylation sites (N-methyl/N-ethyl adjacent to an activating group) is 1. The Hall–Kier alpha value is -0.840. The van der Waals surface area contributed by atoms with E-state index in [-0.39, 0.29) is 12.6 Å². The van der Waals surface area contributed by atoms with E-state index in [0.29, 0.717) is 6.04 Å². The summed E-state index contributed by atoms with van der Waals surface area (Å²) in [6.07, 6.45) is 1.67. The lowest BCUT2D eigenvalue weighted by atomic mass is 10.1. The highest BCUT2D eigenvalue weighted by Crippen LogP contribution is 2.24. The summed E-state index contributed by atoms with van der Waals surface area (Å²) >= 11 is 0. The van der Waals surface area contributed by atoms with Crippen molar-refractivity contribution in [3.8, 4) is 0 Å². The van der Waals surface area contributed by atoms with E-state index in [1.165, 1.54) is 0 Å². The van der Waals surface area contributed by atoms with E-state index in [4.69, 9.17) is 4.42 Å². The fourth-order valence-electron chi connectivity index (χ4n) is 2.46. The molecule has 1 fully saturated rings. The number of aliphatic hydroxyl groups is 1. The van der Waals surface area contributed by atoms with E-state index in [0.717, 1.165) is 25.4 Å². The molecular weight excluding hydrogens is 204 g/mol. The molecule has 1 saturated heterocycles. The zero-order valence-electron chi connectivity index (χ0n) is 9.97. The van der Waals surface area contributed by atoms with Crippen molar-refractivity contribution < 1.29 is 9.52 Å². The molecule has 1 aromatic heterocycles. The Morgan fingerprint density at radius 1 is 1.56 bits per heavy atom. The molecule has 16 heavy (non-hydrogen) atoms. The molecule has 0 aliphatic carbocycles. The van der Waals surface area contributed by atoms with Crippen LogP contribution < -0.4 is 0 Å². The topological polar surface area (TPSA) is 39.9 Å². The van der Waals surface area contributed by atoms with Crippen LogP contribution in [-0.2, 0) is 0 Å². The minimum Gasteiger partial charge on any atom is -0.468 e. The minimum absolute atomic E-state index is 0.00120. The van der Waals surface area contributed by atoms with Crippen LogP contribution in [0.25, 0.3) is 0 Å². The second-order valence-corrected chi connectivity index (χ2v) is 4.56. The standard InChI is InChI=1S/C12H20N2O2/c1-10-8-13(2)5-6-14(10)11(9-15)12-4-3-7-16-12/h3-4,7,10-11,15H,5-6,8-9H2,1-2H3. The van der Waals surface area contributed by atoms with Crippen LogP contribution in [-0.4, -0.2) is 54.2 Å². The van der Waals surface area contributed by atoms with E-state index in [1.54, 1.807) is 6.26 Å². The lowest BCUT2D eigenvalue weighted by Gasteiger charge is -2.41. The van der Waals surface area contributed by atoms with Crippen molar-refractivity contribution in [1.82, 2.24) is 9.80 Å². The molecule has 4 nitrogen and oxygen atoms in total. The molecule has 0 bridgehead atoms. The normalized spacial score (nSPS) is 25.8. The van der Waals surface area contributed by atoms with Crippen LogP contribution in [0, 0.1) is 0 Å². The molecule has 2 heterocycles. The minimum atomic E-state index is -0.00120. The van der Waals surface area contributed by atoms with Gasteiger partial charge in [-0.25, -0.2) is 0 Å². The molecule has 2 unspecified atom stereocenters. The number of hydrogen-bond acceptors (Lipinski definition) is 4. The van der Waals surface area contributed by atoms with Gasteiger partial charge >= 0.3 is 0 Å². The summed E-state index contributed by atoms with van der Waals surface area (Å²) in [7, 11) is 2.13. The van der Waals surface area contributed by atoms with E-state index < -0.39 is 0 Å². The van der Waals surface area contributed by atoms with Gasteiger partial charge in [-0.15, -0.1) is 0 Å². The predicted molar refractivity (Wildman–Crippen MR) is 62.2 cm³/mol. The highest BCUT2D eigenvalue weighted by atomic mass is 16.3. The third kappa shape index (κ3) is 2.29. The van der Waals surface area contributed by atoms with Crippen LogP contribution >= 0.6 is 0 Å². The van der Waals surface area contributed by atoms with Crippen molar-refractivity contribution in [1.29, 1.82) is 0 Å². The van der Waals surface area contributed by atoms with E-state index in [9.17, 15) is 5.11 Å². The maximum absolute atomic E-state index is 9.52. The Labute approximate surface area is 96.5 Å². The first kappa shape index (κ1) is 11.6. The Morgan fingerprint density at radius 3 is 2.94 bits per heavy atom. The van der Waals surface area contributed by atoms with Crippen molar-refractivity contribution >= 4 is 0 Å². The van der Waals surface area contributed by atoms with Gasteiger partial charge < -0.3 is 14.4 Å². The van der Waals surface area contributed by atoms with Crippen LogP contribution in [0.3, 0.4) is 0 Å². The van der Waals surface area contributed by atoms with Gasteiger partial charge in [0.05, 0.1) is 18.9 Å². The summed E-state index contributed by atoms with van der Waals surface area (Å²) in [5.41, 5.74) is 0. The smallest absolute Gasteiger partial charge is 0.123 e. The van der Waals surface area contributed by atoms with Crippen LogP contribution in [0.1, 0.15) is 18.7 Å². The SMILES string of the molecule is CC1CN(C)CCN1C(CO)c1ccco1. The average Bonchev–Trinajstić information content (AvgIpc) is 2.75. The molecule has 1 aliphatic rings. The van der Waals surface area contributed by atoms with Crippen molar-refractivity contribution in [2.45, 2.75) is 19.0 Å². The molecular formula is C12H20N2O2. The summed E-state index contributed by atoms with van der Waals surface area (Å²) in [4.78, 5) is 4.64. The van der Waals surface area contributed by atoms with Crippen LogP contribution in [0.5, 0.6) is 0 Å². The largest absolute Gasteiger partial charge is 0.468 e. The van der Waals surface area contributed by atoms with Gasteiger partial charge in [-0.1, -0.05) is 0 Å². The lowest BCUT2D eigenvalue weighted by Crippen LogP contribution is -2.52. The number of hydrogen-bond donors (Lipinski definition) is 1. The Balaban J connectivity index is 2.10. The van der Waals surface area contributed by atoms with Gasteiger partial charge in [0.2, 0.25) is 0 Å². The van der Waals surface area contributed by atoms with E-state index in [1.807, 2.05) is 12.1 Å². The Morgan fingerprint density at radius 2 is 2.38 bits per heavy atom. The predicted octanol–water partition coefficient (Wildman–Crippen LogP) is 0.949. The fourth-order valence-corrected chi connectivity index (χ4v) is 2.46. The van der Waals surface area contributed by atoms with Gasteiger partial charge in [0.15, 0.2) is 0 Å². The summed E-state index contributed by atoms with van der Waals surface area (Å²) in [6.45, 7) is 5.37. The van der Waals surface area contributed by atoms with Crippen molar-refractivity contribution in [3.63, 3.8) is 0 Å². The molecule has 90 valence electrons. The van der Waals surface area contributed by atoms with Gasteiger partial charge in [0.1, 0.15) is 5.76 Å². The molecule has 1 N–H and O–H groups in total. The number of rotatable bonds is 3. The van der Waals surface area contributed by atoms with Crippen molar-refractivity contribution in [3.05, 3.63) is 24.2 Å². The van der Waals surface area contributed by atoms with Crippen LogP contribution in [0.15, 0.2) is 22.8 Å². The zero-order valence-corrected chi connectivity index (χ0v) is 9.97. The summed E-state index contributed by atoms with van der Waals surface area (Å²) in [5.74, 6) is 0.860. The van der Waals surface area contributed by atoms with Crippen LogP contribution in [0.4, 0.5) is 0 Å². The fraction of sp³-hybridized carbons (Fsp3) is 0.667. The second kappa shape index (κ2) is 4.99. The first-order valence-corrected chi connectivity index (χ1v) is 5.81. The molecule has 0 radical (unpaired) electrons. The molecule has 1 aromatic rings. The molecule has 0 aromatic carbocycles. The molecule has 0 amide bonds. The maximum atomic E-state index is 9.52. The lowest BCUT2D eigenvalue weighted by molar-refractivity contribution is 0.0252. The first-order chi connectivity index (χ1) is 7.72. The number of aliphatic hydroxyl groups excluding tert-OH is 1. The number of piperazine rings is 1. The monoisotopic (exact) mass is 224 g/mol. The number of furan rings is 1. The molecule has 0 saturated carbocycles. The van der Waals surface area contributed by atoms with Gasteiger partial charge in [0.25, 0.3) is 0 Å². The van der Waals surface area contributed by atoms with Gasteiger partial charge in [-0.3, -0.25) is 4.90 Å². The van der Waals surface area contributed by atoms with E-state index in [2.05, 4.69) is 23.8 Å². The van der Waals surface area contributed by atoms with Gasteiger partial charge in [0, 0.05) is 25.7 Å². The molecule has 1 aliphatic heterocycles. The molecule has 4 heteroatoms. The summed E-state index contributed by atoms with van der Waals surface area (Å²) in [6, 6.07) is 4.25. The zero-order chi connectivity index (χ0) is 11.5. The van der Waals surface area contributed by atoms with Crippen molar-refractivity contribution in [2.75, 3.05) is 33.3 Å².